The molecular formula is C11H19F3N2O. The van der Waals surface area contributed by atoms with Crippen molar-refractivity contribution < 1.29 is 18.0 Å². The summed E-state index contributed by atoms with van der Waals surface area (Å²) in [6.07, 6.45) is -3.56. The van der Waals surface area contributed by atoms with Crippen LogP contribution in [0.25, 0.3) is 0 Å². The van der Waals surface area contributed by atoms with Crippen LogP contribution in [0.4, 0.5) is 13.2 Å². The first-order chi connectivity index (χ1) is 7.90. The summed E-state index contributed by atoms with van der Waals surface area (Å²) >= 11 is 0. The van der Waals surface area contributed by atoms with Gasteiger partial charge in [-0.25, -0.2) is 0 Å². The second-order valence-electron chi connectivity index (χ2n) is 4.54. The molecule has 0 aromatic carbocycles. The quantitative estimate of drug-likeness (QED) is 0.733. The van der Waals surface area contributed by atoms with Crippen LogP contribution >= 0.6 is 0 Å². The minimum Gasteiger partial charge on any atom is -0.356 e. The average Bonchev–Trinajstić information content (AvgIpc) is 2.72. The van der Waals surface area contributed by atoms with Crippen molar-refractivity contribution in [2.45, 2.75) is 38.8 Å². The number of alkyl halides is 3. The molecule has 6 heteroatoms. The van der Waals surface area contributed by atoms with E-state index < -0.39 is 18.0 Å². The fourth-order valence-electron chi connectivity index (χ4n) is 2.08. The molecule has 1 unspecified atom stereocenters. The minimum atomic E-state index is -4.14. The van der Waals surface area contributed by atoms with Gasteiger partial charge in [0.2, 0.25) is 5.91 Å². The van der Waals surface area contributed by atoms with Gasteiger partial charge >= 0.3 is 6.18 Å². The molecule has 1 saturated heterocycles. The summed E-state index contributed by atoms with van der Waals surface area (Å²) < 4.78 is 35.7. The maximum atomic E-state index is 11.9. The summed E-state index contributed by atoms with van der Waals surface area (Å²) in [5.41, 5.74) is -0.418. The van der Waals surface area contributed by atoms with Crippen LogP contribution in [0.2, 0.25) is 0 Å². The standard InChI is InChI=1S/C11H19F3N2O/c1-2-10(5-7-15-8-10)9(17)16-6-3-4-11(12,13)14/h15H,2-8H2,1H3,(H,16,17). The van der Waals surface area contributed by atoms with Crippen molar-refractivity contribution >= 4 is 5.91 Å². The molecule has 0 bridgehead atoms. The Bertz CT molecular complexity index is 260. The van der Waals surface area contributed by atoms with Gasteiger partial charge in [0.15, 0.2) is 0 Å². The van der Waals surface area contributed by atoms with Gasteiger partial charge in [0, 0.05) is 19.5 Å². The van der Waals surface area contributed by atoms with Crippen molar-refractivity contribution in [1.29, 1.82) is 0 Å². The first-order valence-corrected chi connectivity index (χ1v) is 5.95. The summed E-state index contributed by atoms with van der Waals surface area (Å²) in [5, 5.41) is 5.73. The lowest BCUT2D eigenvalue weighted by Crippen LogP contribution is -2.42. The van der Waals surface area contributed by atoms with Gasteiger partial charge in [-0.05, 0) is 25.8 Å². The highest BCUT2D eigenvalue weighted by atomic mass is 19.4. The van der Waals surface area contributed by atoms with Crippen molar-refractivity contribution in [3.8, 4) is 0 Å². The lowest BCUT2D eigenvalue weighted by molar-refractivity contribution is -0.137. The van der Waals surface area contributed by atoms with Gasteiger partial charge in [-0.3, -0.25) is 4.79 Å². The van der Waals surface area contributed by atoms with E-state index in [1.165, 1.54) is 0 Å². The molecule has 1 rings (SSSR count). The van der Waals surface area contributed by atoms with E-state index in [0.717, 1.165) is 13.0 Å². The topological polar surface area (TPSA) is 41.1 Å². The van der Waals surface area contributed by atoms with Gasteiger partial charge in [0.1, 0.15) is 0 Å². The Morgan fingerprint density at radius 2 is 2.18 bits per heavy atom. The Labute approximate surface area is 99.1 Å². The van der Waals surface area contributed by atoms with Crippen LogP contribution in [0.5, 0.6) is 0 Å². The Balaban J connectivity index is 2.29. The molecule has 0 radical (unpaired) electrons. The predicted molar refractivity (Wildman–Crippen MR) is 58.5 cm³/mol. The van der Waals surface area contributed by atoms with Crippen LogP contribution in [0.15, 0.2) is 0 Å². The van der Waals surface area contributed by atoms with E-state index >= 15 is 0 Å². The highest BCUT2D eigenvalue weighted by molar-refractivity contribution is 5.83. The van der Waals surface area contributed by atoms with Crippen molar-refractivity contribution in [2.75, 3.05) is 19.6 Å². The van der Waals surface area contributed by atoms with Crippen molar-refractivity contribution in [1.82, 2.24) is 10.6 Å². The predicted octanol–water partition coefficient (Wildman–Crippen LogP) is 1.83. The zero-order valence-corrected chi connectivity index (χ0v) is 9.99. The molecule has 0 aliphatic carbocycles. The molecule has 100 valence electrons. The molecule has 0 aromatic rings. The van der Waals surface area contributed by atoms with Gasteiger partial charge in [-0.2, -0.15) is 13.2 Å². The molecule has 3 nitrogen and oxygen atoms in total. The molecule has 0 aromatic heterocycles. The molecule has 1 aliphatic rings. The van der Waals surface area contributed by atoms with E-state index in [2.05, 4.69) is 10.6 Å². The Hall–Kier alpha value is -0.780. The third kappa shape index (κ3) is 4.18. The number of hydrogen-bond donors (Lipinski definition) is 2. The number of nitrogens with one attached hydrogen (secondary N) is 2. The van der Waals surface area contributed by atoms with Gasteiger partial charge < -0.3 is 10.6 Å². The van der Waals surface area contributed by atoms with Crippen LogP contribution in [-0.2, 0) is 4.79 Å². The minimum absolute atomic E-state index is 0.0531. The number of carbonyl (C=O) groups is 1. The van der Waals surface area contributed by atoms with Crippen LogP contribution in [-0.4, -0.2) is 31.7 Å². The number of rotatable bonds is 5. The molecule has 1 fully saturated rings. The number of amides is 1. The highest BCUT2D eigenvalue weighted by Crippen LogP contribution is 2.29. The summed E-state index contributed by atoms with van der Waals surface area (Å²) in [5.74, 6) is -0.118. The van der Waals surface area contributed by atoms with Crippen LogP contribution in [0.3, 0.4) is 0 Å². The maximum Gasteiger partial charge on any atom is 0.389 e. The zero-order chi connectivity index (χ0) is 12.9. The normalized spacial score (nSPS) is 24.9. The van der Waals surface area contributed by atoms with E-state index in [4.69, 9.17) is 0 Å². The van der Waals surface area contributed by atoms with Crippen molar-refractivity contribution in [3.05, 3.63) is 0 Å². The van der Waals surface area contributed by atoms with Crippen LogP contribution in [0.1, 0.15) is 32.6 Å². The monoisotopic (exact) mass is 252 g/mol. The Kier molecular flexibility index (Phi) is 4.80. The summed E-state index contributed by atoms with van der Waals surface area (Å²) in [6.45, 7) is 3.45. The third-order valence-corrected chi connectivity index (χ3v) is 3.32. The van der Waals surface area contributed by atoms with Gasteiger partial charge in [-0.1, -0.05) is 6.92 Å². The second-order valence-corrected chi connectivity index (χ2v) is 4.54. The molecule has 0 spiro atoms. The number of carbonyl (C=O) groups excluding carboxylic acids is 1. The maximum absolute atomic E-state index is 11.9. The van der Waals surface area contributed by atoms with Crippen molar-refractivity contribution in [2.24, 2.45) is 5.41 Å². The van der Waals surface area contributed by atoms with Gasteiger partial charge in [0.25, 0.3) is 0 Å². The molecular weight excluding hydrogens is 233 g/mol. The fourth-order valence-corrected chi connectivity index (χ4v) is 2.08. The third-order valence-electron chi connectivity index (χ3n) is 3.32. The molecule has 17 heavy (non-hydrogen) atoms. The molecule has 1 atom stereocenters. The summed E-state index contributed by atoms with van der Waals surface area (Å²) in [6, 6.07) is 0. The lowest BCUT2D eigenvalue weighted by Gasteiger charge is -2.25. The first kappa shape index (κ1) is 14.3. The van der Waals surface area contributed by atoms with Crippen LogP contribution < -0.4 is 10.6 Å². The molecule has 2 N–H and O–H groups in total. The molecule has 1 heterocycles. The highest BCUT2D eigenvalue weighted by Gasteiger charge is 2.39. The van der Waals surface area contributed by atoms with E-state index in [0.29, 0.717) is 13.0 Å². The second kappa shape index (κ2) is 5.71. The zero-order valence-electron chi connectivity index (χ0n) is 9.99. The van der Waals surface area contributed by atoms with Crippen molar-refractivity contribution in [3.63, 3.8) is 0 Å². The van der Waals surface area contributed by atoms with Gasteiger partial charge in [-0.15, -0.1) is 0 Å². The summed E-state index contributed by atoms with van der Waals surface area (Å²) in [7, 11) is 0. The molecule has 1 amide bonds. The van der Waals surface area contributed by atoms with Crippen LogP contribution in [0, 0.1) is 5.41 Å². The van der Waals surface area contributed by atoms with Gasteiger partial charge in [0.05, 0.1) is 5.41 Å². The SMILES string of the molecule is CCC1(C(=O)NCCCC(F)(F)F)CCNC1. The van der Waals surface area contributed by atoms with E-state index in [1.807, 2.05) is 6.92 Å². The smallest absolute Gasteiger partial charge is 0.356 e. The molecule has 0 saturated carbocycles. The molecule has 1 aliphatic heterocycles. The number of hydrogen-bond acceptors (Lipinski definition) is 2. The largest absolute Gasteiger partial charge is 0.389 e. The first-order valence-electron chi connectivity index (χ1n) is 5.95. The lowest BCUT2D eigenvalue weighted by atomic mass is 9.83. The number of halogens is 3. The average molecular weight is 252 g/mol. The summed E-state index contributed by atoms with van der Waals surface area (Å²) in [4.78, 5) is 11.9. The Morgan fingerprint density at radius 1 is 1.47 bits per heavy atom. The van der Waals surface area contributed by atoms with E-state index in [1.54, 1.807) is 0 Å². The Morgan fingerprint density at radius 3 is 2.65 bits per heavy atom. The van der Waals surface area contributed by atoms with E-state index in [9.17, 15) is 18.0 Å². The van der Waals surface area contributed by atoms with E-state index in [-0.39, 0.29) is 18.9 Å². The fraction of sp³-hybridized carbons (Fsp3) is 0.909.